The van der Waals surface area contributed by atoms with Gasteiger partial charge in [-0.1, -0.05) is 21.0 Å². The third-order valence-corrected chi connectivity index (χ3v) is 2.90. The molecule has 0 aliphatic heterocycles. The van der Waals surface area contributed by atoms with Gasteiger partial charge in [0.15, 0.2) is 0 Å². The standard InChI is InChI=1S/C8H6Br2N6O/c9-5-1-4(7(17)6(10)2-5)3-11-12-8-13-15-16-14-8/h1-2,17H,3H2,(H,13,14,15,16). The van der Waals surface area contributed by atoms with E-state index in [1.54, 1.807) is 12.1 Å². The minimum atomic E-state index is 0.139. The van der Waals surface area contributed by atoms with Gasteiger partial charge in [-0.2, -0.15) is 10.3 Å². The van der Waals surface area contributed by atoms with Crippen LogP contribution in [0.2, 0.25) is 0 Å². The number of benzene rings is 1. The van der Waals surface area contributed by atoms with Gasteiger partial charge in [0, 0.05) is 10.0 Å². The second-order valence-corrected chi connectivity index (χ2v) is 4.78. The van der Waals surface area contributed by atoms with Crippen molar-refractivity contribution < 1.29 is 5.11 Å². The summed E-state index contributed by atoms with van der Waals surface area (Å²) in [5.74, 6) is 0.291. The number of aromatic nitrogens is 4. The van der Waals surface area contributed by atoms with Crippen LogP contribution >= 0.6 is 31.9 Å². The number of nitrogens with one attached hydrogen (secondary N) is 1. The van der Waals surface area contributed by atoms with E-state index in [0.29, 0.717) is 10.0 Å². The minimum absolute atomic E-state index is 0.139. The summed E-state index contributed by atoms with van der Waals surface area (Å²) in [5.41, 5.74) is 0.637. The average molecular weight is 362 g/mol. The summed E-state index contributed by atoms with van der Waals surface area (Å²) in [6, 6.07) is 3.50. The smallest absolute Gasteiger partial charge is 0.307 e. The number of H-pyrrole nitrogens is 1. The lowest BCUT2D eigenvalue weighted by molar-refractivity contribution is 0.464. The largest absolute Gasteiger partial charge is 0.506 e. The van der Waals surface area contributed by atoms with Crippen LogP contribution in [0.15, 0.2) is 31.3 Å². The van der Waals surface area contributed by atoms with E-state index in [4.69, 9.17) is 0 Å². The molecule has 0 atom stereocenters. The molecule has 0 unspecified atom stereocenters. The van der Waals surface area contributed by atoms with Crippen molar-refractivity contribution in [1.82, 2.24) is 20.6 Å². The molecule has 0 saturated heterocycles. The Morgan fingerprint density at radius 3 is 2.88 bits per heavy atom. The number of phenols is 1. The Morgan fingerprint density at radius 2 is 2.18 bits per heavy atom. The number of tetrazole rings is 1. The zero-order valence-electron chi connectivity index (χ0n) is 8.30. The molecular weight excluding hydrogens is 356 g/mol. The maximum absolute atomic E-state index is 9.76. The molecule has 0 aliphatic carbocycles. The van der Waals surface area contributed by atoms with Gasteiger partial charge < -0.3 is 5.11 Å². The van der Waals surface area contributed by atoms with E-state index in [9.17, 15) is 5.11 Å². The normalized spacial score (nSPS) is 11.2. The van der Waals surface area contributed by atoms with E-state index in [0.717, 1.165) is 4.47 Å². The van der Waals surface area contributed by atoms with Crippen molar-refractivity contribution in [2.45, 2.75) is 6.54 Å². The number of hydrogen-bond donors (Lipinski definition) is 2. The summed E-state index contributed by atoms with van der Waals surface area (Å²) in [5, 5.41) is 30.2. The zero-order chi connectivity index (χ0) is 12.3. The Bertz CT molecular complexity index is 541. The van der Waals surface area contributed by atoms with E-state index in [1.165, 1.54) is 0 Å². The Hall–Kier alpha value is -1.35. The van der Waals surface area contributed by atoms with E-state index in [2.05, 4.69) is 62.7 Å². The summed E-state index contributed by atoms with van der Waals surface area (Å²) in [4.78, 5) is 0. The van der Waals surface area contributed by atoms with Gasteiger partial charge in [-0.15, -0.1) is 10.2 Å². The number of azo groups is 1. The summed E-state index contributed by atoms with van der Waals surface area (Å²) < 4.78 is 1.43. The van der Waals surface area contributed by atoms with Crippen molar-refractivity contribution in [3.05, 3.63) is 26.6 Å². The van der Waals surface area contributed by atoms with Crippen LogP contribution in [0.25, 0.3) is 0 Å². The number of nitrogens with zero attached hydrogens (tertiary/aromatic N) is 5. The van der Waals surface area contributed by atoms with Gasteiger partial charge in [0.05, 0.1) is 11.0 Å². The second-order valence-electron chi connectivity index (χ2n) is 3.01. The fraction of sp³-hybridized carbons (Fsp3) is 0.125. The molecular formula is C8H6Br2N6O. The highest BCUT2D eigenvalue weighted by Gasteiger charge is 2.06. The molecule has 0 spiro atoms. The van der Waals surface area contributed by atoms with Crippen LogP contribution in [0, 0.1) is 0 Å². The van der Waals surface area contributed by atoms with Gasteiger partial charge in [-0.25, -0.2) is 0 Å². The molecule has 0 radical (unpaired) electrons. The first kappa shape index (κ1) is 12.1. The first-order valence-corrected chi connectivity index (χ1v) is 6.03. The van der Waals surface area contributed by atoms with Crippen LogP contribution in [0.4, 0.5) is 5.95 Å². The van der Waals surface area contributed by atoms with Gasteiger partial charge in [0.1, 0.15) is 5.75 Å². The van der Waals surface area contributed by atoms with Crippen molar-refractivity contribution >= 4 is 37.8 Å². The lowest BCUT2D eigenvalue weighted by atomic mass is 10.2. The Labute approximate surface area is 113 Å². The molecule has 2 N–H and O–H groups in total. The summed E-state index contributed by atoms with van der Waals surface area (Å²) in [7, 11) is 0. The van der Waals surface area contributed by atoms with Crippen LogP contribution < -0.4 is 0 Å². The summed E-state index contributed by atoms with van der Waals surface area (Å²) >= 11 is 6.56. The van der Waals surface area contributed by atoms with E-state index >= 15 is 0 Å². The maximum atomic E-state index is 9.76. The van der Waals surface area contributed by atoms with Crippen molar-refractivity contribution in [1.29, 1.82) is 0 Å². The average Bonchev–Trinajstić information content (AvgIpc) is 2.78. The van der Waals surface area contributed by atoms with Crippen LogP contribution in [0.1, 0.15) is 5.56 Å². The number of aromatic amines is 1. The molecule has 0 bridgehead atoms. The quantitative estimate of drug-likeness (QED) is 0.821. The third-order valence-electron chi connectivity index (χ3n) is 1.84. The van der Waals surface area contributed by atoms with Crippen molar-refractivity contribution in [3.63, 3.8) is 0 Å². The molecule has 1 aromatic carbocycles. The number of hydrogen-bond acceptors (Lipinski definition) is 6. The van der Waals surface area contributed by atoms with E-state index < -0.39 is 0 Å². The third kappa shape index (κ3) is 3.07. The van der Waals surface area contributed by atoms with Crippen LogP contribution in [-0.4, -0.2) is 25.7 Å². The van der Waals surface area contributed by atoms with Crippen LogP contribution in [0.5, 0.6) is 5.75 Å². The predicted octanol–water partition coefficient (Wildman–Crippen LogP) is 2.71. The molecule has 1 heterocycles. The molecule has 0 saturated carbocycles. The Balaban J connectivity index is 2.14. The monoisotopic (exact) mass is 360 g/mol. The van der Waals surface area contributed by atoms with E-state index in [1.807, 2.05) is 0 Å². The molecule has 0 amide bonds. The first-order valence-electron chi connectivity index (χ1n) is 4.44. The molecule has 0 aliphatic rings. The molecule has 9 heteroatoms. The number of halogens is 2. The fourth-order valence-corrected chi connectivity index (χ4v) is 2.43. The molecule has 17 heavy (non-hydrogen) atoms. The minimum Gasteiger partial charge on any atom is -0.506 e. The van der Waals surface area contributed by atoms with Crippen molar-refractivity contribution in [2.24, 2.45) is 10.2 Å². The first-order chi connectivity index (χ1) is 8.16. The lowest BCUT2D eigenvalue weighted by Crippen LogP contribution is -1.84. The van der Waals surface area contributed by atoms with Crippen LogP contribution in [-0.2, 0) is 6.54 Å². The maximum Gasteiger partial charge on any atom is 0.307 e. The van der Waals surface area contributed by atoms with Crippen molar-refractivity contribution in [2.75, 3.05) is 0 Å². The summed E-state index contributed by atoms with van der Waals surface area (Å²) in [6.45, 7) is 0.221. The molecule has 2 rings (SSSR count). The zero-order valence-corrected chi connectivity index (χ0v) is 11.5. The molecule has 88 valence electrons. The van der Waals surface area contributed by atoms with Crippen molar-refractivity contribution in [3.8, 4) is 5.75 Å². The van der Waals surface area contributed by atoms with Gasteiger partial charge in [-0.3, -0.25) is 0 Å². The summed E-state index contributed by atoms with van der Waals surface area (Å²) in [6.07, 6.45) is 0. The van der Waals surface area contributed by atoms with Gasteiger partial charge >= 0.3 is 5.95 Å². The lowest BCUT2D eigenvalue weighted by Gasteiger charge is -2.03. The van der Waals surface area contributed by atoms with Gasteiger partial charge in [-0.05, 0) is 33.3 Å². The van der Waals surface area contributed by atoms with Gasteiger partial charge in [0.2, 0.25) is 0 Å². The Morgan fingerprint density at radius 1 is 1.35 bits per heavy atom. The second kappa shape index (κ2) is 5.32. The van der Waals surface area contributed by atoms with Crippen LogP contribution in [0.3, 0.4) is 0 Å². The van der Waals surface area contributed by atoms with E-state index in [-0.39, 0.29) is 18.2 Å². The molecule has 0 fully saturated rings. The topological polar surface area (TPSA) is 99.4 Å². The van der Waals surface area contributed by atoms with Gasteiger partial charge in [0.25, 0.3) is 0 Å². The SMILES string of the molecule is Oc1c(Br)cc(Br)cc1CN=Nc1nn[nH]n1. The number of rotatable bonds is 3. The number of phenolic OH excluding ortho intramolecular Hbond substituents is 1. The number of aromatic hydroxyl groups is 1. The molecule has 2 aromatic rings. The molecule has 7 nitrogen and oxygen atoms in total. The predicted molar refractivity (Wildman–Crippen MR) is 65.9 cm³/mol. The molecule has 1 aromatic heterocycles. The highest BCUT2D eigenvalue weighted by molar-refractivity contribution is 9.11. The highest BCUT2D eigenvalue weighted by atomic mass is 79.9. The Kier molecular flexibility index (Phi) is 3.79. The fourth-order valence-electron chi connectivity index (χ4n) is 1.11. The highest BCUT2D eigenvalue weighted by Crippen LogP contribution is 2.32.